The standard InChI is InChI=1S/C11H14F2N2O/c1-2-9(6-11(14)15)16-10-4-7(12)3-8(13)5-10/h3-5,9H,2,6H2,1H3,(H3,14,15). The van der Waals surface area contributed by atoms with Crippen LogP contribution in [0.5, 0.6) is 5.75 Å². The summed E-state index contributed by atoms with van der Waals surface area (Å²) < 4.78 is 31.1. The van der Waals surface area contributed by atoms with Crippen LogP contribution >= 0.6 is 0 Å². The second-order valence-corrected chi connectivity index (χ2v) is 3.48. The second-order valence-electron chi connectivity index (χ2n) is 3.48. The van der Waals surface area contributed by atoms with Gasteiger partial charge in [-0.25, -0.2) is 8.78 Å². The van der Waals surface area contributed by atoms with Gasteiger partial charge in [0.2, 0.25) is 0 Å². The van der Waals surface area contributed by atoms with E-state index in [2.05, 4.69) is 0 Å². The maximum absolute atomic E-state index is 12.9. The van der Waals surface area contributed by atoms with Crippen LogP contribution in [0.4, 0.5) is 8.78 Å². The van der Waals surface area contributed by atoms with E-state index >= 15 is 0 Å². The van der Waals surface area contributed by atoms with Crippen LogP contribution in [0, 0.1) is 17.0 Å². The molecule has 3 N–H and O–H groups in total. The lowest BCUT2D eigenvalue weighted by Gasteiger charge is -2.16. The van der Waals surface area contributed by atoms with E-state index in [0.717, 1.165) is 18.2 Å². The second kappa shape index (κ2) is 5.44. The van der Waals surface area contributed by atoms with Gasteiger partial charge in [-0.05, 0) is 6.42 Å². The highest BCUT2D eigenvalue weighted by atomic mass is 19.1. The van der Waals surface area contributed by atoms with Crippen LogP contribution in [0.25, 0.3) is 0 Å². The van der Waals surface area contributed by atoms with Crippen molar-refractivity contribution in [2.45, 2.75) is 25.9 Å². The van der Waals surface area contributed by atoms with Gasteiger partial charge in [0.25, 0.3) is 0 Å². The predicted octanol–water partition coefficient (Wildman–Crippen LogP) is 2.45. The normalized spacial score (nSPS) is 12.2. The topological polar surface area (TPSA) is 59.1 Å². The Kier molecular flexibility index (Phi) is 4.22. The van der Waals surface area contributed by atoms with Gasteiger partial charge in [0.05, 0.1) is 5.84 Å². The van der Waals surface area contributed by atoms with Crippen LogP contribution in [0.3, 0.4) is 0 Å². The molecule has 0 radical (unpaired) electrons. The molecule has 1 atom stereocenters. The molecule has 1 unspecified atom stereocenters. The van der Waals surface area contributed by atoms with E-state index in [4.69, 9.17) is 15.9 Å². The van der Waals surface area contributed by atoms with E-state index in [1.165, 1.54) is 0 Å². The summed E-state index contributed by atoms with van der Waals surface area (Å²) in [5.41, 5.74) is 5.24. The van der Waals surface area contributed by atoms with Crippen molar-refractivity contribution >= 4 is 5.84 Å². The third kappa shape index (κ3) is 3.84. The van der Waals surface area contributed by atoms with Crippen LogP contribution in [0.1, 0.15) is 19.8 Å². The van der Waals surface area contributed by atoms with E-state index in [1.807, 2.05) is 6.92 Å². The molecule has 3 nitrogen and oxygen atoms in total. The SMILES string of the molecule is CCC(CC(=N)N)Oc1cc(F)cc(F)c1. The number of rotatable bonds is 5. The molecule has 0 saturated carbocycles. The molecule has 1 rings (SSSR count). The Morgan fingerprint density at radius 3 is 2.38 bits per heavy atom. The molecule has 5 heteroatoms. The molecule has 0 amide bonds. The highest BCUT2D eigenvalue weighted by Gasteiger charge is 2.11. The Balaban J connectivity index is 2.73. The van der Waals surface area contributed by atoms with E-state index in [0.29, 0.717) is 6.42 Å². The number of nitrogens with one attached hydrogen (secondary N) is 1. The zero-order valence-electron chi connectivity index (χ0n) is 8.97. The predicted molar refractivity (Wildman–Crippen MR) is 57.6 cm³/mol. The molecule has 88 valence electrons. The number of ether oxygens (including phenoxy) is 1. The summed E-state index contributed by atoms with van der Waals surface area (Å²) >= 11 is 0. The molecular formula is C11H14F2N2O. The monoisotopic (exact) mass is 228 g/mol. The average molecular weight is 228 g/mol. The Labute approximate surface area is 92.7 Å². The molecule has 0 aromatic heterocycles. The highest BCUT2D eigenvalue weighted by molar-refractivity contribution is 5.77. The maximum Gasteiger partial charge on any atom is 0.129 e. The van der Waals surface area contributed by atoms with Gasteiger partial charge in [0, 0.05) is 24.6 Å². The quantitative estimate of drug-likeness (QED) is 0.600. The van der Waals surface area contributed by atoms with E-state index in [9.17, 15) is 8.78 Å². The zero-order chi connectivity index (χ0) is 12.1. The summed E-state index contributed by atoms with van der Waals surface area (Å²) in [6, 6.07) is 2.98. The molecule has 0 spiro atoms. The first kappa shape index (κ1) is 12.4. The molecule has 0 heterocycles. The molecule has 0 fully saturated rings. The molecule has 0 aliphatic carbocycles. The van der Waals surface area contributed by atoms with E-state index < -0.39 is 11.6 Å². The van der Waals surface area contributed by atoms with Crippen molar-refractivity contribution in [3.63, 3.8) is 0 Å². The van der Waals surface area contributed by atoms with Gasteiger partial charge in [-0.2, -0.15) is 0 Å². The van der Waals surface area contributed by atoms with E-state index in [1.54, 1.807) is 0 Å². The fraction of sp³-hybridized carbons (Fsp3) is 0.364. The van der Waals surface area contributed by atoms with Crippen molar-refractivity contribution in [2.75, 3.05) is 0 Å². The van der Waals surface area contributed by atoms with Gasteiger partial charge in [0.1, 0.15) is 23.5 Å². The number of nitrogens with two attached hydrogens (primary N) is 1. The lowest BCUT2D eigenvalue weighted by atomic mass is 10.2. The summed E-state index contributed by atoms with van der Waals surface area (Å²) in [5, 5.41) is 7.13. The first-order valence-corrected chi connectivity index (χ1v) is 4.97. The molecule has 0 aliphatic rings. The van der Waals surface area contributed by atoms with Crippen molar-refractivity contribution in [3.8, 4) is 5.75 Å². The fourth-order valence-electron chi connectivity index (χ4n) is 1.30. The number of hydrogen-bond donors (Lipinski definition) is 2. The van der Waals surface area contributed by atoms with Gasteiger partial charge in [-0.15, -0.1) is 0 Å². The smallest absolute Gasteiger partial charge is 0.129 e. The minimum Gasteiger partial charge on any atom is -0.490 e. The molecule has 0 saturated heterocycles. The summed E-state index contributed by atoms with van der Waals surface area (Å²) in [6.07, 6.45) is 0.519. The maximum atomic E-state index is 12.9. The highest BCUT2D eigenvalue weighted by Crippen LogP contribution is 2.18. The summed E-state index contributed by atoms with van der Waals surface area (Å²) in [5.74, 6) is -1.27. The lowest BCUT2D eigenvalue weighted by Crippen LogP contribution is -2.24. The van der Waals surface area contributed by atoms with Crippen LogP contribution in [0.2, 0.25) is 0 Å². The number of hydrogen-bond acceptors (Lipinski definition) is 2. The van der Waals surface area contributed by atoms with Crippen molar-refractivity contribution < 1.29 is 13.5 Å². The lowest BCUT2D eigenvalue weighted by molar-refractivity contribution is 0.203. The minimum atomic E-state index is -0.687. The van der Waals surface area contributed by atoms with Gasteiger partial charge >= 0.3 is 0 Å². The number of halogens is 2. The van der Waals surface area contributed by atoms with Gasteiger partial charge in [-0.3, -0.25) is 5.41 Å². The van der Waals surface area contributed by atoms with Crippen molar-refractivity contribution in [1.82, 2.24) is 0 Å². The van der Waals surface area contributed by atoms with Crippen LogP contribution in [-0.4, -0.2) is 11.9 Å². The number of amidine groups is 1. The van der Waals surface area contributed by atoms with Crippen LogP contribution in [0.15, 0.2) is 18.2 Å². The Bertz CT molecular complexity index is 362. The van der Waals surface area contributed by atoms with Gasteiger partial charge < -0.3 is 10.5 Å². The zero-order valence-corrected chi connectivity index (χ0v) is 8.97. The Morgan fingerprint density at radius 2 is 1.94 bits per heavy atom. The third-order valence-corrected chi connectivity index (χ3v) is 2.04. The molecule has 1 aromatic rings. The van der Waals surface area contributed by atoms with Gasteiger partial charge in [0.15, 0.2) is 0 Å². The fourth-order valence-corrected chi connectivity index (χ4v) is 1.30. The average Bonchev–Trinajstić information content (AvgIpc) is 2.14. The first-order chi connectivity index (χ1) is 7.51. The Morgan fingerprint density at radius 1 is 1.38 bits per heavy atom. The Hall–Kier alpha value is -1.65. The van der Waals surface area contributed by atoms with E-state index in [-0.39, 0.29) is 24.1 Å². The molecule has 1 aromatic carbocycles. The van der Waals surface area contributed by atoms with Crippen molar-refractivity contribution in [2.24, 2.45) is 5.73 Å². The molecular weight excluding hydrogens is 214 g/mol. The first-order valence-electron chi connectivity index (χ1n) is 4.97. The van der Waals surface area contributed by atoms with Crippen LogP contribution in [-0.2, 0) is 0 Å². The van der Waals surface area contributed by atoms with Crippen molar-refractivity contribution in [1.29, 1.82) is 5.41 Å². The summed E-state index contributed by atoms with van der Waals surface area (Å²) in [7, 11) is 0. The summed E-state index contributed by atoms with van der Waals surface area (Å²) in [6.45, 7) is 1.85. The molecule has 0 aliphatic heterocycles. The molecule has 0 bridgehead atoms. The van der Waals surface area contributed by atoms with Crippen LogP contribution < -0.4 is 10.5 Å². The third-order valence-electron chi connectivity index (χ3n) is 2.04. The number of benzene rings is 1. The minimum absolute atomic E-state index is 0.0104. The van der Waals surface area contributed by atoms with Crippen molar-refractivity contribution in [3.05, 3.63) is 29.8 Å². The van der Waals surface area contributed by atoms with Gasteiger partial charge in [-0.1, -0.05) is 6.92 Å². The summed E-state index contributed by atoms with van der Waals surface area (Å²) in [4.78, 5) is 0. The molecule has 16 heavy (non-hydrogen) atoms. The largest absolute Gasteiger partial charge is 0.490 e.